The van der Waals surface area contributed by atoms with E-state index in [2.05, 4.69) is 5.73 Å². The molecule has 0 aliphatic carbocycles. The number of aliphatic carboxylic acids is 3. The van der Waals surface area contributed by atoms with E-state index >= 15 is 0 Å². The Hall–Kier alpha value is -1.67. The molecule has 0 spiro atoms. The van der Waals surface area contributed by atoms with Crippen LogP contribution in [0, 0.1) is 0 Å². The van der Waals surface area contributed by atoms with Crippen molar-refractivity contribution in [3.63, 3.8) is 0 Å². The SMILES string of the molecule is C[C@H]([NH3+])C(=O)O.O.O=C([O-])C(=O)O. The smallest absolute Gasteiger partial charge is 0.362 e. The maximum Gasteiger partial charge on any atom is 0.362 e. The lowest BCUT2D eigenvalue weighted by molar-refractivity contribution is -0.402. The third-order valence-electron chi connectivity index (χ3n) is 0.596. The van der Waals surface area contributed by atoms with E-state index in [-0.39, 0.29) is 5.48 Å². The van der Waals surface area contributed by atoms with Crippen LogP contribution in [0.5, 0.6) is 0 Å². The molecule has 0 bridgehead atoms. The van der Waals surface area contributed by atoms with Crippen LogP contribution >= 0.6 is 0 Å². The average Bonchev–Trinajstić information content (AvgIpc) is 1.88. The van der Waals surface area contributed by atoms with E-state index in [0.29, 0.717) is 0 Å². The molecule has 0 fully saturated rings. The monoisotopic (exact) mass is 197 g/mol. The van der Waals surface area contributed by atoms with Crippen LogP contribution in [0.4, 0.5) is 0 Å². The normalized spacial score (nSPS) is 9.69. The van der Waals surface area contributed by atoms with Gasteiger partial charge in [0, 0.05) is 0 Å². The van der Waals surface area contributed by atoms with Crippen molar-refractivity contribution in [1.29, 1.82) is 0 Å². The molecule has 1 atom stereocenters. The van der Waals surface area contributed by atoms with Gasteiger partial charge in [0.25, 0.3) is 0 Å². The summed E-state index contributed by atoms with van der Waals surface area (Å²) in [7, 11) is 0. The molecule has 0 unspecified atom stereocenters. The summed E-state index contributed by atoms with van der Waals surface area (Å²) in [6.07, 6.45) is 0. The highest BCUT2D eigenvalue weighted by atomic mass is 16.4. The van der Waals surface area contributed by atoms with Gasteiger partial charge in [0.1, 0.15) is 0 Å². The average molecular weight is 197 g/mol. The number of hydrogen-bond donors (Lipinski definition) is 3. The molecule has 0 heterocycles. The summed E-state index contributed by atoms with van der Waals surface area (Å²) >= 11 is 0. The van der Waals surface area contributed by atoms with Crippen molar-refractivity contribution in [3.8, 4) is 0 Å². The van der Waals surface area contributed by atoms with E-state index in [9.17, 15) is 4.79 Å². The van der Waals surface area contributed by atoms with Gasteiger partial charge in [-0.05, 0) is 6.92 Å². The zero-order valence-corrected chi connectivity index (χ0v) is 6.81. The lowest BCUT2D eigenvalue weighted by Crippen LogP contribution is -2.63. The van der Waals surface area contributed by atoms with E-state index in [0.717, 1.165) is 0 Å². The summed E-state index contributed by atoms with van der Waals surface area (Å²) in [5.41, 5.74) is 3.24. The fourth-order valence-electron chi connectivity index (χ4n) is 0. The minimum atomic E-state index is -2.07. The molecule has 0 rings (SSSR count). The van der Waals surface area contributed by atoms with E-state index in [4.69, 9.17) is 24.9 Å². The lowest BCUT2D eigenvalue weighted by Gasteiger charge is -1.86. The van der Waals surface area contributed by atoms with Gasteiger partial charge < -0.3 is 31.3 Å². The van der Waals surface area contributed by atoms with E-state index in [1.807, 2.05) is 0 Å². The zero-order chi connectivity index (χ0) is 10.3. The van der Waals surface area contributed by atoms with Crippen molar-refractivity contribution in [1.82, 2.24) is 0 Å². The first-order chi connectivity index (χ1) is 5.29. The highest BCUT2D eigenvalue weighted by Gasteiger charge is 2.04. The maximum atomic E-state index is 9.64. The molecule has 0 aromatic carbocycles. The quantitative estimate of drug-likeness (QED) is 0.358. The first-order valence-corrected chi connectivity index (χ1v) is 2.79. The summed E-state index contributed by atoms with van der Waals surface area (Å²) in [5, 5.41) is 24.2. The highest BCUT2D eigenvalue weighted by Crippen LogP contribution is 1.64. The Kier molecular flexibility index (Phi) is 11.3. The second-order valence-corrected chi connectivity index (χ2v) is 1.83. The van der Waals surface area contributed by atoms with Crippen molar-refractivity contribution in [2.24, 2.45) is 0 Å². The van der Waals surface area contributed by atoms with Crippen LogP contribution in [-0.2, 0) is 14.4 Å². The lowest BCUT2D eigenvalue weighted by atomic mass is 10.4. The highest BCUT2D eigenvalue weighted by molar-refractivity contribution is 6.26. The molecule has 78 valence electrons. The zero-order valence-electron chi connectivity index (χ0n) is 6.81. The Balaban J connectivity index is -0.000000143. The van der Waals surface area contributed by atoms with Gasteiger partial charge in [0.05, 0.1) is 0 Å². The number of rotatable bonds is 1. The molecule has 0 amide bonds. The summed E-state index contributed by atoms with van der Waals surface area (Å²) in [6.45, 7) is 1.53. The molecule has 0 radical (unpaired) electrons. The Morgan fingerprint density at radius 1 is 1.31 bits per heavy atom. The van der Waals surface area contributed by atoms with Gasteiger partial charge in [-0.3, -0.25) is 0 Å². The van der Waals surface area contributed by atoms with Crippen molar-refractivity contribution in [3.05, 3.63) is 0 Å². The van der Waals surface area contributed by atoms with E-state index < -0.39 is 23.9 Å². The van der Waals surface area contributed by atoms with Gasteiger partial charge in [-0.25, -0.2) is 9.59 Å². The summed E-state index contributed by atoms with van der Waals surface area (Å²) < 4.78 is 0. The summed E-state index contributed by atoms with van der Waals surface area (Å²) in [6, 6.07) is -0.481. The number of carbonyl (C=O) groups is 3. The number of carboxylic acid groups (broad SMARTS) is 3. The molecular formula is C5H11NO7. The number of carbonyl (C=O) groups excluding carboxylic acids is 1. The molecule has 0 aromatic heterocycles. The number of quaternary nitrogens is 1. The Morgan fingerprint density at radius 3 is 1.46 bits per heavy atom. The molecule has 7 N–H and O–H groups in total. The van der Waals surface area contributed by atoms with Crippen molar-refractivity contribution in [2.45, 2.75) is 13.0 Å². The summed E-state index contributed by atoms with van der Waals surface area (Å²) in [5.74, 6) is -4.86. The molecule has 0 aliphatic heterocycles. The van der Waals surface area contributed by atoms with Crippen molar-refractivity contribution < 1.29 is 40.9 Å². The molecule has 0 aliphatic rings. The van der Waals surface area contributed by atoms with Gasteiger partial charge in [0.15, 0.2) is 12.0 Å². The molecule has 13 heavy (non-hydrogen) atoms. The van der Waals surface area contributed by atoms with Crippen LogP contribution in [0.25, 0.3) is 0 Å². The second kappa shape index (κ2) is 8.43. The van der Waals surface area contributed by atoms with Crippen LogP contribution in [0.15, 0.2) is 0 Å². The Morgan fingerprint density at radius 2 is 1.46 bits per heavy atom. The minimum absolute atomic E-state index is 0. The van der Waals surface area contributed by atoms with Gasteiger partial charge in [0.2, 0.25) is 0 Å². The molecule has 0 aromatic rings. The molecule has 8 heteroatoms. The van der Waals surface area contributed by atoms with E-state index in [1.165, 1.54) is 6.92 Å². The predicted molar refractivity (Wildman–Crippen MR) is 36.2 cm³/mol. The Bertz CT molecular complexity index is 175. The first-order valence-electron chi connectivity index (χ1n) is 2.79. The van der Waals surface area contributed by atoms with Crippen LogP contribution in [0.1, 0.15) is 6.92 Å². The fourth-order valence-corrected chi connectivity index (χ4v) is 0. The van der Waals surface area contributed by atoms with Gasteiger partial charge >= 0.3 is 11.9 Å². The maximum absolute atomic E-state index is 9.64. The standard InChI is InChI=1S/C3H7NO2.C2H2O4.H2O/c1-2(4)3(5)6;3-1(4)2(5)6;/h2H,4H2,1H3,(H,5,6);(H,3,4)(H,5,6);1H2/t2-;;/m0../s1. The third-order valence-corrected chi connectivity index (χ3v) is 0.596. The third kappa shape index (κ3) is 17.9. The number of carboxylic acids is 3. The predicted octanol–water partition coefficient (Wildman–Crippen LogP) is -4.30. The number of hydrogen-bond acceptors (Lipinski definition) is 4. The molecule has 0 saturated heterocycles. The first kappa shape index (κ1) is 17.4. The topological polar surface area (TPSA) is 174 Å². The van der Waals surface area contributed by atoms with Crippen LogP contribution < -0.4 is 10.8 Å². The van der Waals surface area contributed by atoms with Crippen LogP contribution in [-0.4, -0.2) is 39.6 Å². The largest absolute Gasteiger partial charge is 0.539 e. The van der Waals surface area contributed by atoms with Crippen LogP contribution in [0.2, 0.25) is 0 Å². The van der Waals surface area contributed by atoms with Gasteiger partial charge in [-0.2, -0.15) is 0 Å². The molecule has 8 nitrogen and oxygen atoms in total. The van der Waals surface area contributed by atoms with E-state index in [1.54, 1.807) is 0 Å². The van der Waals surface area contributed by atoms with Crippen molar-refractivity contribution >= 4 is 17.9 Å². The van der Waals surface area contributed by atoms with Gasteiger partial charge in [-0.1, -0.05) is 0 Å². The minimum Gasteiger partial charge on any atom is -0.539 e. The van der Waals surface area contributed by atoms with Crippen LogP contribution in [0.3, 0.4) is 0 Å². The summed E-state index contributed by atoms with van der Waals surface area (Å²) in [4.78, 5) is 27.7. The van der Waals surface area contributed by atoms with Gasteiger partial charge in [-0.15, -0.1) is 0 Å². The Labute approximate surface area is 72.9 Å². The van der Waals surface area contributed by atoms with Crippen molar-refractivity contribution in [2.75, 3.05) is 0 Å². The molecular weight excluding hydrogens is 186 g/mol. The molecule has 0 saturated carbocycles. The second-order valence-electron chi connectivity index (χ2n) is 1.83. The fraction of sp³-hybridized carbons (Fsp3) is 0.400.